The molecule has 51 valence electrons. The number of hydrogen-bond donors (Lipinski definition) is 2. The topological polar surface area (TPSA) is 57.5 Å². The molecule has 0 rings (SSSR count). The first-order chi connectivity index (χ1) is 4.33. The van der Waals surface area contributed by atoms with Gasteiger partial charge in [-0.15, -0.1) is 0 Å². The molecule has 0 aromatic rings. The van der Waals surface area contributed by atoms with Gasteiger partial charge in [0, 0.05) is 0 Å². The van der Waals surface area contributed by atoms with Crippen molar-refractivity contribution in [2.75, 3.05) is 0 Å². The summed E-state index contributed by atoms with van der Waals surface area (Å²) in [4.78, 5) is 0. The number of aliphatic hydroxyl groups is 1. The Hall–Kier alpha value is -0.246. The summed E-state index contributed by atoms with van der Waals surface area (Å²) in [5.74, 6) is 0. The van der Waals surface area contributed by atoms with Gasteiger partial charge in [0.25, 0.3) is 0 Å². The van der Waals surface area contributed by atoms with E-state index in [2.05, 4.69) is 0 Å². The van der Waals surface area contributed by atoms with Gasteiger partial charge in [0.1, 0.15) is 0 Å². The number of aliphatic hydroxyl groups excluding tert-OH is 1. The fraction of sp³-hybridized carbons (Fsp3) is 0.200. The number of rotatable bonds is 1. The van der Waals surface area contributed by atoms with Crippen molar-refractivity contribution in [2.45, 2.75) is 6.92 Å². The molecule has 0 aliphatic heterocycles. The van der Waals surface area contributed by atoms with E-state index in [1.54, 1.807) is 12.2 Å². The molecule has 0 unspecified atom stereocenters. The van der Waals surface area contributed by atoms with Crippen molar-refractivity contribution >= 4 is 0 Å². The summed E-state index contributed by atoms with van der Waals surface area (Å²) in [7, 11) is 0. The fourth-order valence-electron chi connectivity index (χ4n) is 0.161. The SMILES string of the molecule is CC=CC=CO.[O]=[Ti][OH]. The Bertz CT molecular complexity index is 88.4. The van der Waals surface area contributed by atoms with E-state index in [1.807, 2.05) is 13.0 Å². The molecule has 0 fully saturated rings. The Kier molecular flexibility index (Phi) is 20.1. The van der Waals surface area contributed by atoms with Gasteiger partial charge in [0.2, 0.25) is 0 Å². The molecule has 0 bridgehead atoms. The van der Waals surface area contributed by atoms with Crippen LogP contribution in [0.1, 0.15) is 6.92 Å². The van der Waals surface area contributed by atoms with Gasteiger partial charge in [-0.25, -0.2) is 0 Å². The normalized spacial score (nSPS) is 8.67. The molecule has 0 aromatic heterocycles. The summed E-state index contributed by atoms with van der Waals surface area (Å²) in [6.45, 7) is 1.89. The van der Waals surface area contributed by atoms with Crippen LogP contribution < -0.4 is 0 Å². The maximum atomic E-state index is 8.61. The zero-order chi connectivity index (χ0) is 7.54. The van der Waals surface area contributed by atoms with Gasteiger partial charge in [-0.2, -0.15) is 0 Å². The predicted molar refractivity (Wildman–Crippen MR) is 29.5 cm³/mol. The molecule has 0 aliphatic rings. The van der Waals surface area contributed by atoms with Crippen LogP contribution in [0.4, 0.5) is 0 Å². The van der Waals surface area contributed by atoms with Gasteiger partial charge < -0.3 is 5.11 Å². The third-order valence-corrected chi connectivity index (χ3v) is 0.390. The molecule has 0 saturated heterocycles. The van der Waals surface area contributed by atoms with Crippen LogP contribution in [0.3, 0.4) is 0 Å². The molecular formula is C5H9O3Ti. The van der Waals surface area contributed by atoms with Crippen molar-refractivity contribution in [1.82, 2.24) is 0 Å². The third kappa shape index (κ3) is 33.8. The van der Waals surface area contributed by atoms with Gasteiger partial charge in [0.05, 0.1) is 6.26 Å². The van der Waals surface area contributed by atoms with E-state index in [9.17, 15) is 0 Å². The molecular weight excluding hydrogens is 156 g/mol. The molecule has 0 atom stereocenters. The van der Waals surface area contributed by atoms with E-state index in [0.717, 1.165) is 6.26 Å². The summed E-state index contributed by atoms with van der Waals surface area (Å²) in [6.07, 6.45) is 6.15. The minimum absolute atomic E-state index is 1.00. The standard InChI is InChI=1S/C5H8O.H2O.O.Ti/c1-2-3-4-5-6;;;/h2-6H,1H3;1H2;;/q;;;+1/p-1. The Balaban J connectivity index is 0. The molecule has 0 aromatic carbocycles. The van der Waals surface area contributed by atoms with Crippen LogP contribution in [0.5, 0.6) is 0 Å². The first-order valence-corrected chi connectivity index (χ1v) is 3.60. The van der Waals surface area contributed by atoms with Crippen LogP contribution >= 0.6 is 0 Å². The van der Waals surface area contributed by atoms with Crippen molar-refractivity contribution in [3.8, 4) is 0 Å². The van der Waals surface area contributed by atoms with E-state index in [0.29, 0.717) is 0 Å². The molecule has 0 radical (unpaired) electrons. The van der Waals surface area contributed by atoms with E-state index < -0.39 is 19.5 Å². The van der Waals surface area contributed by atoms with Crippen molar-refractivity contribution < 1.29 is 31.6 Å². The third-order valence-electron chi connectivity index (χ3n) is 0.390. The molecule has 3 nitrogen and oxygen atoms in total. The first-order valence-electron chi connectivity index (χ1n) is 2.26. The summed E-state index contributed by atoms with van der Waals surface area (Å²) < 4.78 is 15.8. The molecule has 0 aliphatic carbocycles. The molecule has 9 heavy (non-hydrogen) atoms. The molecule has 0 amide bonds. The van der Waals surface area contributed by atoms with Gasteiger partial charge in [0.15, 0.2) is 0 Å². The molecule has 2 N–H and O–H groups in total. The van der Waals surface area contributed by atoms with Crippen LogP contribution in [-0.2, 0) is 22.8 Å². The zero-order valence-electron chi connectivity index (χ0n) is 5.11. The fourth-order valence-corrected chi connectivity index (χ4v) is 0.161. The van der Waals surface area contributed by atoms with Gasteiger partial charge in [-0.05, 0) is 13.0 Å². The molecule has 0 spiro atoms. The van der Waals surface area contributed by atoms with Crippen molar-refractivity contribution in [3.05, 3.63) is 24.5 Å². The quantitative estimate of drug-likeness (QED) is 0.345. The van der Waals surface area contributed by atoms with Gasteiger partial charge >= 0.3 is 26.5 Å². The Morgan fingerprint density at radius 1 is 1.44 bits per heavy atom. The second-order valence-electron chi connectivity index (χ2n) is 0.959. The van der Waals surface area contributed by atoms with Crippen LogP contribution in [0.15, 0.2) is 24.5 Å². The van der Waals surface area contributed by atoms with Gasteiger partial charge in [-0.1, -0.05) is 12.2 Å². The first kappa shape index (κ1) is 11.5. The summed E-state index contributed by atoms with van der Waals surface area (Å²) >= 11 is -1.75. The second kappa shape index (κ2) is 15.7. The van der Waals surface area contributed by atoms with Crippen molar-refractivity contribution in [2.24, 2.45) is 0 Å². The molecule has 0 saturated carbocycles. The summed E-state index contributed by atoms with van der Waals surface area (Å²) in [5.41, 5.74) is 0. The zero-order valence-corrected chi connectivity index (χ0v) is 6.67. The van der Waals surface area contributed by atoms with E-state index in [4.69, 9.17) is 12.1 Å². The van der Waals surface area contributed by atoms with Crippen LogP contribution in [-0.4, -0.2) is 8.79 Å². The predicted octanol–water partition coefficient (Wildman–Crippen LogP) is 0.956. The van der Waals surface area contributed by atoms with E-state index in [1.165, 1.54) is 0 Å². The summed E-state index contributed by atoms with van der Waals surface area (Å²) in [5, 5.41) is 7.97. The van der Waals surface area contributed by atoms with E-state index >= 15 is 0 Å². The monoisotopic (exact) mass is 165 g/mol. The van der Waals surface area contributed by atoms with Gasteiger partial charge in [-0.3, -0.25) is 0 Å². The average molecular weight is 165 g/mol. The number of hydrogen-bond acceptors (Lipinski definition) is 2. The average Bonchev–Trinajstić information content (AvgIpc) is 1.86. The Morgan fingerprint density at radius 3 is 2.00 bits per heavy atom. The number of allylic oxidation sites excluding steroid dienone is 3. The van der Waals surface area contributed by atoms with Crippen LogP contribution in [0, 0.1) is 0 Å². The minimum atomic E-state index is -1.75. The van der Waals surface area contributed by atoms with Crippen LogP contribution in [0.2, 0.25) is 0 Å². The molecule has 4 heteroatoms. The second-order valence-corrected chi connectivity index (χ2v) is 1.24. The maximum absolute atomic E-state index is 8.61. The Morgan fingerprint density at radius 2 is 1.89 bits per heavy atom. The molecule has 0 heterocycles. The van der Waals surface area contributed by atoms with Crippen LogP contribution in [0.25, 0.3) is 0 Å². The van der Waals surface area contributed by atoms with Crippen molar-refractivity contribution in [3.63, 3.8) is 0 Å². The van der Waals surface area contributed by atoms with E-state index in [-0.39, 0.29) is 0 Å². The van der Waals surface area contributed by atoms with Crippen molar-refractivity contribution in [1.29, 1.82) is 0 Å². The Labute approximate surface area is 63.4 Å². The summed E-state index contributed by atoms with van der Waals surface area (Å²) in [6, 6.07) is 0.